The Bertz CT molecular complexity index is 722. The number of rotatable bonds is 1. The Kier molecular flexibility index (Phi) is 2.90. The van der Waals surface area contributed by atoms with Crippen LogP contribution in [0, 0.1) is 26.0 Å². The van der Waals surface area contributed by atoms with Gasteiger partial charge in [-0.3, -0.25) is 0 Å². The molecule has 0 saturated carbocycles. The van der Waals surface area contributed by atoms with Crippen molar-refractivity contribution in [2.45, 2.75) is 27.3 Å². The summed E-state index contributed by atoms with van der Waals surface area (Å²) in [5.74, 6) is 0. The molecule has 1 aromatic carbocycles. The van der Waals surface area contributed by atoms with Gasteiger partial charge in [-0.25, -0.2) is 0 Å². The molecular weight excluding hydrogens is 278 g/mol. The predicted molar refractivity (Wildman–Crippen MR) is 75.5 cm³/mol. The van der Waals surface area contributed by atoms with E-state index in [0.29, 0.717) is 22.1 Å². The van der Waals surface area contributed by atoms with Crippen LogP contribution < -0.4 is 5.12 Å². The zero-order chi connectivity index (χ0) is 14.4. The molecule has 0 amide bonds. The smallest absolute Gasteiger partial charge is 0.166 e. The molecule has 0 unspecified atom stereocenters. The topological polar surface area (TPSA) is 59.5 Å². The van der Waals surface area contributed by atoms with Crippen molar-refractivity contribution in [1.82, 2.24) is 9.89 Å². The normalized spacial score (nSPS) is 14.2. The largest absolute Gasteiger partial charge is 0.691 e. The Morgan fingerprint density at radius 1 is 1.30 bits per heavy atom. The number of aromatic nitrogens is 2. The summed E-state index contributed by atoms with van der Waals surface area (Å²) in [6.45, 7) is 6.37. The molecule has 0 bridgehead atoms. The third-order valence-electron chi connectivity index (χ3n) is 3.60. The predicted octanol–water partition coefficient (Wildman–Crippen LogP) is 3.12. The monoisotopic (exact) mass is 291 g/mol. The standard InChI is InChI=1S/C13H14ClN5O/c1-8-9(2)15-18(10(8)3)17-7-11-4-5-12(14)6-13(11)19(20)16-17/h4-6H,7H2,1-3H3. The van der Waals surface area contributed by atoms with Crippen molar-refractivity contribution in [3.05, 3.63) is 50.9 Å². The fraction of sp³-hybridized carbons (Fsp3) is 0.308. The lowest BCUT2D eigenvalue weighted by molar-refractivity contribution is -0.450. The Morgan fingerprint density at radius 3 is 2.70 bits per heavy atom. The van der Waals surface area contributed by atoms with Gasteiger partial charge in [0.2, 0.25) is 0 Å². The van der Waals surface area contributed by atoms with E-state index in [-0.39, 0.29) is 0 Å². The van der Waals surface area contributed by atoms with Gasteiger partial charge in [-0.15, -0.1) is 9.96 Å². The first-order valence-electron chi connectivity index (χ1n) is 6.25. The van der Waals surface area contributed by atoms with Crippen LogP contribution in [0.25, 0.3) is 0 Å². The van der Waals surface area contributed by atoms with E-state index >= 15 is 0 Å². The third kappa shape index (κ3) is 1.92. The van der Waals surface area contributed by atoms with E-state index in [2.05, 4.69) is 10.3 Å². The number of halogens is 1. The highest BCUT2D eigenvalue weighted by atomic mass is 35.5. The van der Waals surface area contributed by atoms with Gasteiger partial charge in [0.25, 0.3) is 0 Å². The van der Waals surface area contributed by atoms with Crippen LogP contribution in [0.3, 0.4) is 0 Å². The minimum atomic E-state index is 0.479. The Morgan fingerprint density at radius 2 is 2.05 bits per heavy atom. The molecule has 0 spiro atoms. The summed E-state index contributed by atoms with van der Waals surface area (Å²) >= 11 is 5.91. The highest BCUT2D eigenvalue weighted by molar-refractivity contribution is 6.30. The molecule has 0 fully saturated rings. The summed E-state index contributed by atoms with van der Waals surface area (Å²) in [5.41, 5.74) is 4.34. The summed E-state index contributed by atoms with van der Waals surface area (Å²) in [7, 11) is 0. The Labute approximate surface area is 121 Å². The molecule has 0 atom stereocenters. The molecule has 20 heavy (non-hydrogen) atoms. The summed E-state index contributed by atoms with van der Waals surface area (Å²) < 4.78 is 0. The number of aryl methyl sites for hydroxylation is 1. The van der Waals surface area contributed by atoms with Crippen LogP contribution in [-0.2, 0) is 6.54 Å². The Hall–Kier alpha value is -2.08. The van der Waals surface area contributed by atoms with Gasteiger partial charge in [0.1, 0.15) is 5.22 Å². The van der Waals surface area contributed by atoms with Gasteiger partial charge < -0.3 is 5.21 Å². The molecule has 0 aliphatic carbocycles. The van der Waals surface area contributed by atoms with Crippen LogP contribution in [0.15, 0.2) is 23.4 Å². The fourth-order valence-corrected chi connectivity index (χ4v) is 2.37. The van der Waals surface area contributed by atoms with Gasteiger partial charge in [0, 0.05) is 16.7 Å². The summed E-state index contributed by atoms with van der Waals surface area (Å²) in [6.07, 6.45) is 0. The first-order chi connectivity index (χ1) is 9.47. The van der Waals surface area contributed by atoms with E-state index in [9.17, 15) is 5.21 Å². The maximum atomic E-state index is 12.0. The van der Waals surface area contributed by atoms with Crippen molar-refractivity contribution >= 4 is 17.3 Å². The molecule has 1 aliphatic rings. The van der Waals surface area contributed by atoms with Crippen LogP contribution in [0.2, 0.25) is 5.02 Å². The van der Waals surface area contributed by atoms with E-state index < -0.39 is 0 Å². The second-order valence-electron chi connectivity index (χ2n) is 4.85. The lowest BCUT2D eigenvalue weighted by atomic mass is 10.2. The summed E-state index contributed by atoms with van der Waals surface area (Å²) in [6, 6.07) is 5.23. The number of hydrogen-bond donors (Lipinski definition) is 0. The van der Waals surface area contributed by atoms with Crippen LogP contribution in [0.4, 0.5) is 5.69 Å². The van der Waals surface area contributed by atoms with Crippen molar-refractivity contribution in [1.29, 1.82) is 0 Å². The molecule has 3 rings (SSSR count). The average molecular weight is 292 g/mol. The molecule has 1 aliphatic heterocycles. The van der Waals surface area contributed by atoms with Gasteiger partial charge in [0.05, 0.1) is 11.4 Å². The second kappa shape index (κ2) is 4.49. The molecule has 2 aromatic rings. The first-order valence-corrected chi connectivity index (χ1v) is 6.63. The molecule has 0 N–H and O–H groups in total. The highest BCUT2D eigenvalue weighted by Crippen LogP contribution is 2.28. The van der Waals surface area contributed by atoms with Crippen LogP contribution >= 0.6 is 11.6 Å². The van der Waals surface area contributed by atoms with Gasteiger partial charge in [-0.1, -0.05) is 16.4 Å². The van der Waals surface area contributed by atoms with Crippen molar-refractivity contribution in [3.8, 4) is 0 Å². The molecule has 104 valence electrons. The number of hydrogen-bond acceptors (Lipinski definition) is 4. The van der Waals surface area contributed by atoms with E-state index in [0.717, 1.165) is 22.5 Å². The van der Waals surface area contributed by atoms with Crippen LogP contribution in [0.5, 0.6) is 0 Å². The molecule has 6 nitrogen and oxygen atoms in total. The maximum absolute atomic E-state index is 12.0. The van der Waals surface area contributed by atoms with E-state index in [1.807, 2.05) is 26.8 Å². The molecular formula is C13H14ClN5O. The Balaban J connectivity index is 2.06. The molecule has 0 radical (unpaired) electrons. The zero-order valence-corrected chi connectivity index (χ0v) is 12.2. The zero-order valence-electron chi connectivity index (χ0n) is 11.5. The number of fused-ring (bicyclic) bond motifs is 1. The lowest BCUT2D eigenvalue weighted by Gasteiger charge is -2.21. The highest BCUT2D eigenvalue weighted by Gasteiger charge is 2.26. The van der Waals surface area contributed by atoms with Crippen LogP contribution in [0.1, 0.15) is 22.5 Å². The minimum absolute atomic E-state index is 0.479. The summed E-state index contributed by atoms with van der Waals surface area (Å²) in [4.78, 5) is 2.24. The van der Waals surface area contributed by atoms with Gasteiger partial charge >= 0.3 is 0 Å². The maximum Gasteiger partial charge on any atom is 0.166 e. The SMILES string of the molecule is Cc1nn(N2Cc3ccc(Cl)cc3[N+]([O-])=N2)c(C)c1C. The van der Waals surface area contributed by atoms with Gasteiger partial charge in [0.15, 0.2) is 12.2 Å². The summed E-state index contributed by atoms with van der Waals surface area (Å²) in [5, 5.41) is 22.5. The molecule has 1 aromatic heterocycles. The fourth-order valence-electron chi connectivity index (χ4n) is 2.21. The van der Waals surface area contributed by atoms with E-state index in [4.69, 9.17) is 11.6 Å². The quantitative estimate of drug-likeness (QED) is 0.599. The van der Waals surface area contributed by atoms with Gasteiger partial charge in [-0.05, 0) is 43.6 Å². The minimum Gasteiger partial charge on any atom is -0.691 e. The number of benzene rings is 1. The lowest BCUT2D eigenvalue weighted by Crippen LogP contribution is -2.34. The first kappa shape index (κ1) is 12.9. The number of nitrogens with zero attached hydrogens (tertiary/aromatic N) is 5. The average Bonchev–Trinajstić information content (AvgIpc) is 2.67. The second-order valence-corrected chi connectivity index (χ2v) is 5.29. The van der Waals surface area contributed by atoms with Crippen LogP contribution in [-0.4, -0.2) is 14.8 Å². The third-order valence-corrected chi connectivity index (χ3v) is 3.83. The van der Waals surface area contributed by atoms with E-state index in [1.54, 1.807) is 22.0 Å². The molecule has 7 heteroatoms. The van der Waals surface area contributed by atoms with Gasteiger partial charge in [-0.2, -0.15) is 0 Å². The molecule has 0 saturated heterocycles. The molecule has 2 heterocycles. The van der Waals surface area contributed by atoms with Crippen molar-refractivity contribution in [2.24, 2.45) is 5.22 Å². The van der Waals surface area contributed by atoms with E-state index in [1.165, 1.54) is 0 Å². The van der Waals surface area contributed by atoms with Crippen molar-refractivity contribution < 1.29 is 4.86 Å². The van der Waals surface area contributed by atoms with Crippen molar-refractivity contribution in [3.63, 3.8) is 0 Å². The van der Waals surface area contributed by atoms with Crippen molar-refractivity contribution in [2.75, 3.05) is 5.12 Å².